The van der Waals surface area contributed by atoms with Gasteiger partial charge < -0.3 is 5.32 Å². The second-order valence-electron chi connectivity index (χ2n) is 7.36. The van der Waals surface area contributed by atoms with E-state index in [1.165, 1.54) is 6.42 Å². The second kappa shape index (κ2) is 6.80. The maximum atomic E-state index is 13.3. The molecule has 1 heterocycles. The van der Waals surface area contributed by atoms with Crippen LogP contribution in [0.5, 0.6) is 0 Å². The van der Waals surface area contributed by atoms with Crippen LogP contribution in [0.2, 0.25) is 0 Å². The topological polar surface area (TPSA) is 58.2 Å². The fourth-order valence-electron chi connectivity index (χ4n) is 4.54. The molecule has 4 rings (SSSR count). The molecule has 138 valence electrons. The highest BCUT2D eigenvalue weighted by Gasteiger charge is 2.48. The molecular weight excluding hydrogens is 344 g/mol. The molecule has 2 aromatic carbocycles. The molecule has 0 saturated heterocycles. The van der Waals surface area contributed by atoms with Crippen LogP contribution in [0.3, 0.4) is 0 Å². The van der Waals surface area contributed by atoms with Gasteiger partial charge in [-0.1, -0.05) is 68.7 Å². The maximum absolute atomic E-state index is 13.3. The molecule has 1 saturated carbocycles. The lowest BCUT2D eigenvalue weighted by Crippen LogP contribution is -2.47. The Morgan fingerprint density at radius 2 is 1.77 bits per heavy atom. The van der Waals surface area contributed by atoms with Crippen LogP contribution < -0.4 is 10.0 Å². The predicted octanol–water partition coefficient (Wildman–Crippen LogP) is 3.80. The van der Waals surface area contributed by atoms with E-state index in [0.29, 0.717) is 11.4 Å². The molecule has 0 bridgehead atoms. The van der Waals surface area contributed by atoms with Gasteiger partial charge in [0.05, 0.1) is 10.4 Å². The first-order valence-corrected chi connectivity index (χ1v) is 11.0. The Kier molecular flexibility index (Phi) is 4.63. The minimum atomic E-state index is -3.53. The van der Waals surface area contributed by atoms with E-state index >= 15 is 0 Å². The molecule has 0 unspecified atom stereocenters. The summed E-state index contributed by atoms with van der Waals surface area (Å²) < 4.78 is 29.6. The molecule has 2 aliphatic rings. The number of likely N-dealkylation sites (N-methyl/N-ethyl adjacent to an activating group) is 1. The minimum absolute atomic E-state index is 0.411. The summed E-state index contributed by atoms with van der Waals surface area (Å²) in [6, 6.07) is 14.0. The normalized spacial score (nSPS) is 21.6. The average molecular weight is 371 g/mol. The number of hydrogen-bond acceptors (Lipinski definition) is 3. The van der Waals surface area contributed by atoms with Gasteiger partial charge in [-0.15, -0.1) is 0 Å². The third-order valence-corrected chi connectivity index (χ3v) is 7.41. The van der Waals surface area contributed by atoms with Gasteiger partial charge in [-0.2, -0.15) is 0 Å². The van der Waals surface area contributed by atoms with Crippen LogP contribution in [0.4, 0.5) is 0 Å². The van der Waals surface area contributed by atoms with Crippen LogP contribution in [0.25, 0.3) is 15.7 Å². The van der Waals surface area contributed by atoms with Crippen molar-refractivity contribution in [2.24, 2.45) is 0 Å². The highest BCUT2D eigenvalue weighted by Crippen LogP contribution is 2.46. The number of nitrogens with one attached hydrogen (secondary N) is 2. The molecule has 5 heteroatoms. The first-order valence-electron chi connectivity index (χ1n) is 9.54. The quantitative estimate of drug-likeness (QED) is 0.861. The third-order valence-electron chi connectivity index (χ3n) is 5.74. The lowest BCUT2D eigenvalue weighted by atomic mass is 9.76. The van der Waals surface area contributed by atoms with Crippen LogP contribution in [0.1, 0.15) is 44.6 Å². The molecule has 1 spiro atoms. The van der Waals surface area contributed by atoms with Crippen molar-refractivity contribution in [3.05, 3.63) is 53.6 Å². The molecule has 1 fully saturated rings. The molecule has 0 amide bonds. The van der Waals surface area contributed by atoms with Gasteiger partial charge in [0.15, 0.2) is 0 Å². The average Bonchev–Trinajstić information content (AvgIpc) is 2.85. The number of rotatable bonds is 4. The maximum Gasteiger partial charge on any atom is 0.242 e. The van der Waals surface area contributed by atoms with Crippen molar-refractivity contribution in [2.75, 3.05) is 13.1 Å². The van der Waals surface area contributed by atoms with Crippen molar-refractivity contribution in [1.82, 2.24) is 10.0 Å². The van der Waals surface area contributed by atoms with Gasteiger partial charge in [0.1, 0.15) is 0 Å². The molecule has 0 aromatic heterocycles. The Bertz CT molecular complexity index is 952. The molecule has 4 nitrogen and oxygen atoms in total. The van der Waals surface area contributed by atoms with E-state index in [1.807, 2.05) is 42.5 Å². The zero-order chi connectivity index (χ0) is 18.2. The van der Waals surface area contributed by atoms with Crippen molar-refractivity contribution < 1.29 is 8.42 Å². The molecule has 2 aromatic rings. The first kappa shape index (κ1) is 17.7. The van der Waals surface area contributed by atoms with Crippen molar-refractivity contribution in [1.29, 1.82) is 0 Å². The predicted molar refractivity (Wildman–Crippen MR) is 107 cm³/mol. The summed E-state index contributed by atoms with van der Waals surface area (Å²) in [7, 11) is -3.53. The Balaban J connectivity index is 1.98. The number of sulfonamides is 1. The van der Waals surface area contributed by atoms with Crippen molar-refractivity contribution in [2.45, 2.75) is 44.6 Å². The SMILES string of the molecule is CCNCC1=C(c2cccc3ccccc23)S(=O)(=O)NC12CCCCC2. The minimum Gasteiger partial charge on any atom is -0.313 e. The van der Waals surface area contributed by atoms with Crippen LogP contribution in [0, 0.1) is 0 Å². The summed E-state index contributed by atoms with van der Waals surface area (Å²) in [6.45, 7) is 3.49. The largest absolute Gasteiger partial charge is 0.313 e. The van der Waals surface area contributed by atoms with Crippen LogP contribution in [0.15, 0.2) is 48.0 Å². The smallest absolute Gasteiger partial charge is 0.242 e. The molecular formula is C21H26N2O2S. The third kappa shape index (κ3) is 2.88. The Morgan fingerprint density at radius 3 is 2.54 bits per heavy atom. The standard InChI is InChI=1S/C21H26N2O2S/c1-2-22-15-19-20(18-12-8-10-16-9-4-5-11-17(16)18)26(24,25)23-21(19)13-6-3-7-14-21/h4-5,8-12,22-23H,2-3,6-7,13-15H2,1H3. The summed E-state index contributed by atoms with van der Waals surface area (Å²) in [4.78, 5) is 0.497. The first-order chi connectivity index (χ1) is 12.6. The van der Waals surface area contributed by atoms with Crippen molar-refractivity contribution in [3.63, 3.8) is 0 Å². The van der Waals surface area contributed by atoms with E-state index in [1.54, 1.807) is 0 Å². The van der Waals surface area contributed by atoms with Crippen molar-refractivity contribution >= 4 is 25.7 Å². The summed E-state index contributed by atoms with van der Waals surface area (Å²) in [5.74, 6) is 0. The van der Waals surface area contributed by atoms with E-state index < -0.39 is 15.6 Å². The van der Waals surface area contributed by atoms with Crippen LogP contribution >= 0.6 is 0 Å². The fraction of sp³-hybridized carbons (Fsp3) is 0.429. The lowest BCUT2D eigenvalue weighted by molar-refractivity contribution is 0.315. The number of benzene rings is 2. The van der Waals surface area contributed by atoms with Crippen LogP contribution in [-0.2, 0) is 10.0 Å². The molecule has 2 N–H and O–H groups in total. The Hall–Kier alpha value is -1.69. The van der Waals surface area contributed by atoms with Gasteiger partial charge >= 0.3 is 0 Å². The van der Waals surface area contributed by atoms with Gasteiger partial charge in [-0.25, -0.2) is 13.1 Å². The van der Waals surface area contributed by atoms with E-state index in [9.17, 15) is 8.42 Å². The lowest BCUT2D eigenvalue weighted by Gasteiger charge is -2.35. The number of fused-ring (bicyclic) bond motifs is 1. The highest BCUT2D eigenvalue weighted by molar-refractivity contribution is 7.99. The van der Waals surface area contributed by atoms with E-state index in [4.69, 9.17) is 0 Å². The molecule has 26 heavy (non-hydrogen) atoms. The summed E-state index contributed by atoms with van der Waals surface area (Å²) >= 11 is 0. The van der Waals surface area contributed by atoms with Crippen LogP contribution in [-0.4, -0.2) is 27.0 Å². The number of hydrogen-bond donors (Lipinski definition) is 2. The Labute approximate surface area is 155 Å². The summed E-state index contributed by atoms with van der Waals surface area (Å²) in [5.41, 5.74) is 1.44. The molecule has 1 aliphatic carbocycles. The van der Waals surface area contributed by atoms with E-state index in [-0.39, 0.29) is 0 Å². The van der Waals surface area contributed by atoms with Gasteiger partial charge in [-0.05, 0) is 35.7 Å². The van der Waals surface area contributed by atoms with Gasteiger partial charge in [-0.3, -0.25) is 0 Å². The summed E-state index contributed by atoms with van der Waals surface area (Å²) in [6.07, 6.45) is 5.10. The Morgan fingerprint density at radius 1 is 1.04 bits per heavy atom. The van der Waals surface area contributed by atoms with Gasteiger partial charge in [0, 0.05) is 12.1 Å². The fourth-order valence-corrected chi connectivity index (χ4v) is 6.54. The molecule has 0 atom stereocenters. The molecule has 1 aliphatic heterocycles. The zero-order valence-electron chi connectivity index (χ0n) is 15.2. The second-order valence-corrected chi connectivity index (χ2v) is 8.98. The molecule has 0 radical (unpaired) electrons. The van der Waals surface area contributed by atoms with Gasteiger partial charge in [0.25, 0.3) is 0 Å². The zero-order valence-corrected chi connectivity index (χ0v) is 16.0. The summed E-state index contributed by atoms with van der Waals surface area (Å²) in [5, 5.41) is 5.45. The van der Waals surface area contributed by atoms with Gasteiger partial charge in [0.2, 0.25) is 10.0 Å². The highest BCUT2D eigenvalue weighted by atomic mass is 32.2. The monoisotopic (exact) mass is 370 g/mol. The van der Waals surface area contributed by atoms with E-state index in [2.05, 4.69) is 17.0 Å². The van der Waals surface area contributed by atoms with E-state index in [0.717, 1.165) is 54.1 Å². The van der Waals surface area contributed by atoms with Crippen molar-refractivity contribution in [3.8, 4) is 0 Å².